The van der Waals surface area contributed by atoms with Gasteiger partial charge >= 0.3 is 5.97 Å². The number of rotatable bonds is 2. The van der Waals surface area contributed by atoms with Gasteiger partial charge in [0.05, 0.1) is 0 Å². The molecule has 1 N–H and O–H groups in total. The smallest absolute Gasteiger partial charge is 0.317 e. The van der Waals surface area contributed by atoms with Gasteiger partial charge < -0.3 is 9.52 Å². The molecule has 0 aromatic carbocycles. The Morgan fingerprint density at radius 1 is 1.50 bits per heavy atom. The van der Waals surface area contributed by atoms with Crippen LogP contribution in [0.5, 0.6) is 0 Å². The lowest BCUT2D eigenvalue weighted by Crippen LogP contribution is -2.41. The van der Waals surface area contributed by atoms with Gasteiger partial charge in [-0.1, -0.05) is 6.42 Å². The Morgan fingerprint density at radius 2 is 2.31 bits per heavy atom. The van der Waals surface area contributed by atoms with Crippen LogP contribution in [0.3, 0.4) is 0 Å². The molecule has 0 spiro atoms. The van der Waals surface area contributed by atoms with E-state index in [2.05, 4.69) is 4.98 Å². The molecule has 0 radical (unpaired) electrons. The van der Waals surface area contributed by atoms with E-state index in [9.17, 15) is 9.90 Å². The summed E-state index contributed by atoms with van der Waals surface area (Å²) in [5.74, 6) is -0.252. The van der Waals surface area contributed by atoms with Gasteiger partial charge in [-0.05, 0) is 25.0 Å². The quantitative estimate of drug-likeness (QED) is 0.838. The number of aliphatic carboxylic acids is 1. The molecule has 2 aromatic rings. The van der Waals surface area contributed by atoms with Crippen molar-refractivity contribution in [3.63, 3.8) is 0 Å². The number of carbonyl (C=O) groups is 1. The molecule has 0 atom stereocenters. The number of pyridine rings is 1. The summed E-state index contributed by atoms with van der Waals surface area (Å²) in [6.45, 7) is 0. The maximum Gasteiger partial charge on any atom is 0.317 e. The summed E-state index contributed by atoms with van der Waals surface area (Å²) in [6, 6.07) is 5.34. The third kappa shape index (κ3) is 1.10. The summed E-state index contributed by atoms with van der Waals surface area (Å²) < 4.78 is 5.59. The van der Waals surface area contributed by atoms with Gasteiger partial charge in [0.2, 0.25) is 0 Å². The second kappa shape index (κ2) is 3.07. The highest BCUT2D eigenvalue weighted by atomic mass is 16.4. The fourth-order valence-corrected chi connectivity index (χ4v) is 2.20. The third-order valence-electron chi connectivity index (χ3n) is 3.38. The zero-order valence-electron chi connectivity index (χ0n) is 8.64. The zero-order valence-corrected chi connectivity index (χ0v) is 8.64. The summed E-state index contributed by atoms with van der Waals surface area (Å²) in [7, 11) is 0. The van der Waals surface area contributed by atoms with Crippen LogP contribution in [0.4, 0.5) is 0 Å². The van der Waals surface area contributed by atoms with Crippen LogP contribution in [0, 0.1) is 0 Å². The lowest BCUT2D eigenvalue weighted by atomic mass is 9.67. The molecule has 0 saturated heterocycles. The molecule has 0 amide bonds. The predicted molar refractivity (Wildman–Crippen MR) is 57.2 cm³/mol. The van der Waals surface area contributed by atoms with Crippen LogP contribution in [0.25, 0.3) is 11.1 Å². The number of carboxylic acid groups (broad SMARTS) is 1. The average molecular weight is 217 g/mol. The van der Waals surface area contributed by atoms with Crippen LogP contribution in [0.15, 0.2) is 28.8 Å². The first kappa shape index (κ1) is 9.39. The van der Waals surface area contributed by atoms with Crippen molar-refractivity contribution in [2.75, 3.05) is 0 Å². The molecule has 4 heteroatoms. The van der Waals surface area contributed by atoms with Gasteiger partial charge in [0, 0.05) is 12.3 Å². The number of carboxylic acids is 1. The highest BCUT2D eigenvalue weighted by Crippen LogP contribution is 2.45. The molecule has 0 unspecified atom stereocenters. The minimum atomic E-state index is -0.805. The molecule has 2 heterocycles. The van der Waals surface area contributed by atoms with Gasteiger partial charge in [0.1, 0.15) is 16.7 Å². The van der Waals surface area contributed by atoms with E-state index in [-0.39, 0.29) is 0 Å². The molecule has 0 bridgehead atoms. The Morgan fingerprint density at radius 3 is 2.88 bits per heavy atom. The number of hydrogen-bond acceptors (Lipinski definition) is 3. The lowest BCUT2D eigenvalue weighted by Gasteiger charge is -2.35. The van der Waals surface area contributed by atoms with Crippen molar-refractivity contribution in [1.82, 2.24) is 4.98 Å². The van der Waals surface area contributed by atoms with Gasteiger partial charge in [-0.2, -0.15) is 0 Å². The van der Waals surface area contributed by atoms with Gasteiger partial charge in [0.25, 0.3) is 0 Å². The fourth-order valence-electron chi connectivity index (χ4n) is 2.20. The van der Waals surface area contributed by atoms with Crippen molar-refractivity contribution in [2.45, 2.75) is 24.7 Å². The third-order valence-corrected chi connectivity index (χ3v) is 3.38. The van der Waals surface area contributed by atoms with Crippen LogP contribution in [-0.2, 0) is 10.2 Å². The standard InChI is InChI=1S/C12H11NO3/c14-11(15)12(4-2-5-12)10-7-8-9(16-10)3-1-6-13-8/h1,3,6-7H,2,4-5H2,(H,14,15). The summed E-state index contributed by atoms with van der Waals surface area (Å²) in [5, 5.41) is 9.28. The molecule has 1 saturated carbocycles. The highest BCUT2D eigenvalue weighted by Gasteiger charge is 2.48. The lowest BCUT2D eigenvalue weighted by molar-refractivity contribution is -0.148. The van der Waals surface area contributed by atoms with Crippen molar-refractivity contribution in [1.29, 1.82) is 0 Å². The molecule has 1 fully saturated rings. The molecular weight excluding hydrogens is 206 g/mol. The van der Waals surface area contributed by atoms with Crippen molar-refractivity contribution in [3.8, 4) is 0 Å². The Balaban J connectivity index is 2.15. The second-order valence-corrected chi connectivity index (χ2v) is 4.24. The number of nitrogens with zero attached hydrogens (tertiary/aromatic N) is 1. The Kier molecular flexibility index (Phi) is 1.80. The second-order valence-electron chi connectivity index (χ2n) is 4.24. The van der Waals surface area contributed by atoms with Crippen LogP contribution < -0.4 is 0 Å². The first-order valence-electron chi connectivity index (χ1n) is 5.31. The topological polar surface area (TPSA) is 63.3 Å². The number of aromatic nitrogens is 1. The molecule has 1 aliphatic carbocycles. The van der Waals surface area contributed by atoms with E-state index >= 15 is 0 Å². The number of hydrogen-bond donors (Lipinski definition) is 1. The minimum Gasteiger partial charge on any atom is -0.480 e. The summed E-state index contributed by atoms with van der Waals surface area (Å²) in [6.07, 6.45) is 3.93. The van der Waals surface area contributed by atoms with Gasteiger partial charge in [0.15, 0.2) is 5.58 Å². The van der Waals surface area contributed by atoms with Crippen LogP contribution in [0.1, 0.15) is 25.0 Å². The van der Waals surface area contributed by atoms with E-state index in [0.717, 1.165) is 11.9 Å². The minimum absolute atomic E-state index is 0.542. The molecule has 82 valence electrons. The van der Waals surface area contributed by atoms with Crippen molar-refractivity contribution >= 4 is 17.1 Å². The van der Waals surface area contributed by atoms with Crippen molar-refractivity contribution < 1.29 is 14.3 Å². The van der Waals surface area contributed by atoms with E-state index in [4.69, 9.17) is 4.42 Å². The maximum atomic E-state index is 11.3. The van der Waals surface area contributed by atoms with E-state index in [1.165, 1.54) is 0 Å². The molecule has 2 aromatic heterocycles. The van der Waals surface area contributed by atoms with Crippen LogP contribution in [-0.4, -0.2) is 16.1 Å². The first-order valence-corrected chi connectivity index (χ1v) is 5.31. The molecule has 4 nitrogen and oxygen atoms in total. The van der Waals surface area contributed by atoms with Crippen molar-refractivity contribution in [2.24, 2.45) is 0 Å². The monoisotopic (exact) mass is 217 g/mol. The maximum absolute atomic E-state index is 11.3. The van der Waals surface area contributed by atoms with Gasteiger partial charge in [-0.15, -0.1) is 0 Å². The van der Waals surface area contributed by atoms with Crippen LogP contribution >= 0.6 is 0 Å². The number of fused-ring (bicyclic) bond motifs is 1. The van der Waals surface area contributed by atoms with E-state index < -0.39 is 11.4 Å². The van der Waals surface area contributed by atoms with E-state index in [0.29, 0.717) is 24.2 Å². The van der Waals surface area contributed by atoms with Crippen molar-refractivity contribution in [3.05, 3.63) is 30.2 Å². The molecule has 1 aliphatic rings. The molecular formula is C12H11NO3. The number of furan rings is 1. The Bertz CT molecular complexity index is 521. The Labute approximate surface area is 91.9 Å². The zero-order chi connectivity index (χ0) is 11.2. The van der Waals surface area contributed by atoms with E-state index in [1.54, 1.807) is 24.4 Å². The normalized spacial score (nSPS) is 18.2. The van der Waals surface area contributed by atoms with Crippen LogP contribution in [0.2, 0.25) is 0 Å². The van der Waals surface area contributed by atoms with E-state index in [1.807, 2.05) is 0 Å². The fraction of sp³-hybridized carbons (Fsp3) is 0.333. The average Bonchev–Trinajstić information content (AvgIpc) is 2.58. The Hall–Kier alpha value is -1.84. The predicted octanol–water partition coefficient (Wildman–Crippen LogP) is 2.33. The van der Waals surface area contributed by atoms with Gasteiger partial charge in [-0.25, -0.2) is 0 Å². The first-order chi connectivity index (χ1) is 7.72. The summed E-state index contributed by atoms with van der Waals surface area (Å²) in [5.41, 5.74) is 0.579. The van der Waals surface area contributed by atoms with Gasteiger partial charge in [-0.3, -0.25) is 9.78 Å². The molecule has 0 aliphatic heterocycles. The summed E-state index contributed by atoms with van der Waals surface area (Å²) >= 11 is 0. The molecule has 3 rings (SSSR count). The molecule has 16 heavy (non-hydrogen) atoms. The highest BCUT2D eigenvalue weighted by molar-refractivity contribution is 5.84. The SMILES string of the molecule is O=C(O)C1(c2cc3ncccc3o2)CCC1. The summed E-state index contributed by atoms with van der Waals surface area (Å²) in [4.78, 5) is 15.4. The largest absolute Gasteiger partial charge is 0.480 e.